The number of carboxylic acid groups (broad SMARTS) is 1. The Morgan fingerprint density at radius 1 is 1.53 bits per heavy atom. The molecular weight excluding hydrogens is 222 g/mol. The molecule has 0 spiro atoms. The maximum absolute atomic E-state index is 11.2. The number of rotatable bonds is 2. The van der Waals surface area contributed by atoms with Crippen LogP contribution >= 0.6 is 0 Å². The molecule has 0 aromatic carbocycles. The van der Waals surface area contributed by atoms with Gasteiger partial charge in [0.2, 0.25) is 0 Å². The fraction of sp³-hybridized carbons (Fsp3) is 0.545. The lowest BCUT2D eigenvalue weighted by atomic mass is 9.99. The van der Waals surface area contributed by atoms with Gasteiger partial charge in [0.25, 0.3) is 5.56 Å². The van der Waals surface area contributed by atoms with Crippen molar-refractivity contribution in [3.05, 3.63) is 22.0 Å². The Hall–Kier alpha value is -1.85. The third-order valence-corrected chi connectivity index (χ3v) is 3.13. The van der Waals surface area contributed by atoms with Crippen molar-refractivity contribution in [1.29, 1.82) is 0 Å². The lowest BCUT2D eigenvalue weighted by Gasteiger charge is -2.30. The quantitative estimate of drug-likeness (QED) is 0.790. The molecule has 0 saturated carbocycles. The smallest absolute Gasteiger partial charge is 0.341 e. The second-order valence-corrected chi connectivity index (χ2v) is 4.44. The first-order valence-corrected chi connectivity index (χ1v) is 5.66. The molecule has 6 nitrogen and oxygen atoms in total. The molecule has 1 aliphatic heterocycles. The van der Waals surface area contributed by atoms with Crippen LogP contribution in [-0.4, -0.2) is 34.4 Å². The maximum Gasteiger partial charge on any atom is 0.341 e. The zero-order valence-corrected chi connectivity index (χ0v) is 9.64. The highest BCUT2D eigenvalue weighted by Crippen LogP contribution is 2.20. The predicted octanol–water partition coefficient (Wildman–Crippen LogP) is 0.704. The minimum atomic E-state index is -1.22. The Morgan fingerprint density at radius 2 is 2.18 bits per heavy atom. The fourth-order valence-electron chi connectivity index (χ4n) is 1.95. The molecular formula is C11H15N3O3. The van der Waals surface area contributed by atoms with Crippen LogP contribution in [0.3, 0.4) is 0 Å². The van der Waals surface area contributed by atoms with E-state index in [0.717, 1.165) is 25.9 Å². The van der Waals surface area contributed by atoms with Gasteiger partial charge in [-0.3, -0.25) is 4.79 Å². The minimum absolute atomic E-state index is 0.256. The van der Waals surface area contributed by atoms with Crippen molar-refractivity contribution in [2.45, 2.75) is 19.8 Å². The summed E-state index contributed by atoms with van der Waals surface area (Å²) < 4.78 is 0. The number of H-pyrrole nitrogens is 1. The number of anilines is 1. The summed E-state index contributed by atoms with van der Waals surface area (Å²) in [6, 6.07) is 1.34. The monoisotopic (exact) mass is 237 g/mol. The Labute approximate surface area is 98.3 Å². The van der Waals surface area contributed by atoms with Gasteiger partial charge in [0.1, 0.15) is 11.4 Å². The number of aromatic amines is 1. The summed E-state index contributed by atoms with van der Waals surface area (Å²) in [4.78, 5) is 24.1. The molecule has 1 aliphatic rings. The zero-order chi connectivity index (χ0) is 12.4. The molecule has 0 unspecified atom stereocenters. The van der Waals surface area contributed by atoms with Gasteiger partial charge in [-0.1, -0.05) is 6.92 Å². The van der Waals surface area contributed by atoms with E-state index in [1.165, 1.54) is 6.07 Å². The van der Waals surface area contributed by atoms with Gasteiger partial charge >= 0.3 is 5.97 Å². The molecule has 1 aromatic heterocycles. The van der Waals surface area contributed by atoms with Gasteiger partial charge in [-0.05, 0) is 18.8 Å². The Balaban J connectivity index is 2.25. The zero-order valence-electron chi connectivity index (χ0n) is 9.64. The number of aromatic nitrogens is 2. The number of hydrogen-bond donors (Lipinski definition) is 2. The summed E-state index contributed by atoms with van der Waals surface area (Å²) in [6.45, 7) is 3.89. The number of hydrogen-bond acceptors (Lipinski definition) is 4. The summed E-state index contributed by atoms with van der Waals surface area (Å²) in [5, 5.41) is 15.0. The van der Waals surface area contributed by atoms with E-state index in [-0.39, 0.29) is 5.56 Å². The molecule has 1 aromatic rings. The van der Waals surface area contributed by atoms with E-state index < -0.39 is 11.5 Å². The molecule has 6 heteroatoms. The van der Waals surface area contributed by atoms with Gasteiger partial charge in [0, 0.05) is 19.2 Å². The SMILES string of the molecule is CC1CCN(c2cc(C(=O)O)c(=O)[nH]n2)CC1. The van der Waals surface area contributed by atoms with Gasteiger partial charge in [-0.15, -0.1) is 0 Å². The van der Waals surface area contributed by atoms with E-state index in [1.54, 1.807) is 0 Å². The predicted molar refractivity (Wildman–Crippen MR) is 62.4 cm³/mol. The molecule has 0 bridgehead atoms. The van der Waals surface area contributed by atoms with Crippen molar-refractivity contribution in [3.8, 4) is 0 Å². The molecule has 2 rings (SSSR count). The van der Waals surface area contributed by atoms with E-state index >= 15 is 0 Å². The van der Waals surface area contributed by atoms with Gasteiger partial charge in [-0.2, -0.15) is 5.10 Å². The van der Waals surface area contributed by atoms with Gasteiger partial charge in [0.15, 0.2) is 0 Å². The summed E-state index contributed by atoms with van der Waals surface area (Å²) in [6.07, 6.45) is 2.12. The molecule has 2 N–H and O–H groups in total. The van der Waals surface area contributed by atoms with Crippen molar-refractivity contribution in [2.75, 3.05) is 18.0 Å². The molecule has 0 amide bonds. The van der Waals surface area contributed by atoms with Crippen LogP contribution in [0.4, 0.5) is 5.82 Å². The first kappa shape index (κ1) is 11.6. The maximum atomic E-state index is 11.2. The lowest BCUT2D eigenvalue weighted by molar-refractivity contribution is 0.0694. The van der Waals surface area contributed by atoms with Crippen molar-refractivity contribution < 1.29 is 9.90 Å². The van der Waals surface area contributed by atoms with Crippen LogP contribution in [0.2, 0.25) is 0 Å². The average molecular weight is 237 g/mol. The normalized spacial score (nSPS) is 17.1. The third-order valence-electron chi connectivity index (χ3n) is 3.13. The Bertz CT molecular complexity index is 475. The number of nitrogens with one attached hydrogen (secondary N) is 1. The van der Waals surface area contributed by atoms with Gasteiger partial charge < -0.3 is 10.0 Å². The molecule has 17 heavy (non-hydrogen) atoms. The Kier molecular flexibility index (Phi) is 3.12. The highest BCUT2D eigenvalue weighted by molar-refractivity contribution is 5.87. The number of piperidine rings is 1. The summed E-state index contributed by atoms with van der Waals surface area (Å²) in [5.74, 6) is 0.00197. The summed E-state index contributed by atoms with van der Waals surface area (Å²) >= 11 is 0. The highest BCUT2D eigenvalue weighted by atomic mass is 16.4. The van der Waals surface area contributed by atoms with Crippen molar-refractivity contribution in [3.63, 3.8) is 0 Å². The summed E-state index contributed by atoms with van der Waals surface area (Å²) in [5.41, 5.74) is -0.916. The van der Waals surface area contributed by atoms with E-state index in [0.29, 0.717) is 11.7 Å². The fourth-order valence-corrected chi connectivity index (χ4v) is 1.95. The van der Waals surface area contributed by atoms with Gasteiger partial charge in [-0.25, -0.2) is 9.89 Å². The molecule has 0 atom stereocenters. The number of aromatic carboxylic acids is 1. The molecule has 1 saturated heterocycles. The van der Waals surface area contributed by atoms with Gasteiger partial charge in [0.05, 0.1) is 0 Å². The van der Waals surface area contributed by atoms with E-state index in [1.807, 2.05) is 4.90 Å². The number of carbonyl (C=O) groups is 1. The van der Waals surface area contributed by atoms with E-state index in [4.69, 9.17) is 5.11 Å². The van der Waals surface area contributed by atoms with E-state index in [9.17, 15) is 9.59 Å². The standard InChI is InChI=1S/C11H15N3O3/c1-7-2-4-14(5-3-7)9-6-8(11(16)17)10(15)13-12-9/h6-7H,2-5H2,1H3,(H,13,15)(H,16,17). The molecule has 1 fully saturated rings. The van der Waals surface area contributed by atoms with Crippen LogP contribution in [0.15, 0.2) is 10.9 Å². The average Bonchev–Trinajstić information content (AvgIpc) is 2.30. The van der Waals surface area contributed by atoms with Crippen LogP contribution in [0.1, 0.15) is 30.1 Å². The number of carboxylic acids is 1. The second kappa shape index (κ2) is 4.57. The molecule has 0 radical (unpaired) electrons. The third kappa shape index (κ3) is 2.46. The van der Waals surface area contributed by atoms with Crippen molar-refractivity contribution in [1.82, 2.24) is 10.2 Å². The molecule has 2 heterocycles. The second-order valence-electron chi connectivity index (χ2n) is 4.44. The van der Waals surface area contributed by atoms with Crippen LogP contribution in [0.5, 0.6) is 0 Å². The van der Waals surface area contributed by atoms with Crippen LogP contribution in [0.25, 0.3) is 0 Å². The first-order valence-electron chi connectivity index (χ1n) is 5.66. The Morgan fingerprint density at radius 3 is 2.76 bits per heavy atom. The van der Waals surface area contributed by atoms with Crippen molar-refractivity contribution in [2.24, 2.45) is 5.92 Å². The molecule has 92 valence electrons. The van der Waals surface area contributed by atoms with E-state index in [2.05, 4.69) is 17.1 Å². The molecule has 0 aliphatic carbocycles. The van der Waals surface area contributed by atoms with Crippen LogP contribution in [-0.2, 0) is 0 Å². The van der Waals surface area contributed by atoms with Crippen LogP contribution < -0.4 is 10.5 Å². The summed E-state index contributed by atoms with van der Waals surface area (Å²) in [7, 11) is 0. The first-order chi connectivity index (χ1) is 8.08. The highest BCUT2D eigenvalue weighted by Gasteiger charge is 2.19. The lowest BCUT2D eigenvalue weighted by Crippen LogP contribution is -2.34. The van der Waals surface area contributed by atoms with Crippen LogP contribution in [0, 0.1) is 5.92 Å². The number of nitrogens with zero attached hydrogens (tertiary/aromatic N) is 2. The topological polar surface area (TPSA) is 86.3 Å². The minimum Gasteiger partial charge on any atom is -0.477 e. The largest absolute Gasteiger partial charge is 0.477 e. The van der Waals surface area contributed by atoms with Crippen molar-refractivity contribution >= 4 is 11.8 Å².